The Morgan fingerprint density at radius 2 is 0.926 bits per heavy atom. The van der Waals surface area contributed by atoms with E-state index >= 15 is 0 Å². The van der Waals surface area contributed by atoms with E-state index < -0.39 is 26.6 Å². The van der Waals surface area contributed by atoms with Gasteiger partial charge < -0.3 is 38.0 Å². The predicted molar refractivity (Wildman–Crippen MR) is 215 cm³/mol. The second-order valence-corrected chi connectivity index (χ2v) is 18.5. The molecule has 286 valence electrons. The summed E-state index contributed by atoms with van der Waals surface area (Å²) in [5.41, 5.74) is 2.83. The van der Waals surface area contributed by atoms with Gasteiger partial charge in [0.15, 0.2) is 0 Å². The van der Waals surface area contributed by atoms with Crippen molar-refractivity contribution in [3.05, 3.63) is 150 Å². The van der Waals surface area contributed by atoms with Crippen LogP contribution in [0, 0.1) is 0 Å². The summed E-state index contributed by atoms with van der Waals surface area (Å²) in [7, 11) is 1.94. The van der Waals surface area contributed by atoms with Gasteiger partial charge >= 0.3 is 0 Å². The molecule has 0 fully saturated rings. The number of aliphatic hydroxyl groups excluding tert-OH is 1. The molecule has 0 unspecified atom stereocenters. The number of methoxy groups -OCH3 is 3. The minimum atomic E-state index is -2.98. The van der Waals surface area contributed by atoms with Crippen LogP contribution < -0.4 is 24.6 Å². The zero-order chi connectivity index (χ0) is 38.4. The van der Waals surface area contributed by atoms with Gasteiger partial charge in [0, 0.05) is 0 Å². The number of benzene rings is 5. The standard InChI is InChI=1S/C45H54O8Si/c1-45(2,3)54(40-13-9-7-10-14-40,41-15-11-8-12-16-41)53-33-43(51-30-35-19-25-38(48-5)26-20-35)44(52-31-36-21-27-39(49-6)28-22-36)42(46)32-50-29-34-17-23-37(47-4)24-18-34/h7-28,42-44,46H,29-33H2,1-6H3/t42-,43-,44-/m1/s1. The topological polar surface area (TPSA) is 84.8 Å². The maximum atomic E-state index is 12.0. The van der Waals surface area contributed by atoms with Gasteiger partial charge in [-0.05, 0) is 68.5 Å². The summed E-state index contributed by atoms with van der Waals surface area (Å²) in [6.07, 6.45) is -2.56. The summed E-state index contributed by atoms with van der Waals surface area (Å²) in [5.74, 6) is 2.28. The van der Waals surface area contributed by atoms with Crippen LogP contribution in [0.15, 0.2) is 133 Å². The Hall–Kier alpha value is -4.48. The molecule has 54 heavy (non-hydrogen) atoms. The fraction of sp³-hybridized carbons (Fsp3) is 0.333. The third-order valence-corrected chi connectivity index (χ3v) is 14.6. The van der Waals surface area contributed by atoms with Crippen molar-refractivity contribution in [1.29, 1.82) is 0 Å². The van der Waals surface area contributed by atoms with Gasteiger partial charge in [0.05, 0.1) is 54.4 Å². The maximum Gasteiger partial charge on any atom is 0.261 e. The van der Waals surface area contributed by atoms with Crippen molar-refractivity contribution in [3.8, 4) is 17.2 Å². The highest BCUT2D eigenvalue weighted by atomic mass is 28.4. The first-order chi connectivity index (χ1) is 26.2. The molecule has 0 spiro atoms. The molecule has 0 bridgehead atoms. The molecule has 9 heteroatoms. The second kappa shape index (κ2) is 19.7. The Bertz CT molecular complexity index is 1750. The van der Waals surface area contributed by atoms with Gasteiger partial charge in [-0.25, -0.2) is 0 Å². The number of rotatable bonds is 20. The number of ether oxygens (including phenoxy) is 6. The monoisotopic (exact) mass is 750 g/mol. The summed E-state index contributed by atoms with van der Waals surface area (Å²) in [6, 6.07) is 44.1. The number of hydrogen-bond acceptors (Lipinski definition) is 8. The van der Waals surface area contributed by atoms with E-state index in [0.717, 1.165) is 44.3 Å². The minimum absolute atomic E-state index is 0.0148. The Labute approximate surface area is 321 Å². The smallest absolute Gasteiger partial charge is 0.261 e. The largest absolute Gasteiger partial charge is 0.497 e. The van der Waals surface area contributed by atoms with Crippen LogP contribution in [0.5, 0.6) is 17.2 Å². The van der Waals surface area contributed by atoms with E-state index in [9.17, 15) is 5.11 Å². The van der Waals surface area contributed by atoms with E-state index in [1.54, 1.807) is 21.3 Å². The van der Waals surface area contributed by atoms with Crippen molar-refractivity contribution in [2.24, 2.45) is 0 Å². The van der Waals surface area contributed by atoms with Crippen LogP contribution in [-0.4, -0.2) is 66.3 Å². The van der Waals surface area contributed by atoms with E-state index in [4.69, 9.17) is 32.8 Å². The van der Waals surface area contributed by atoms with Gasteiger partial charge in [0.25, 0.3) is 8.32 Å². The first kappa shape index (κ1) is 40.7. The number of aliphatic hydroxyl groups is 1. The lowest BCUT2D eigenvalue weighted by Crippen LogP contribution is -2.67. The van der Waals surface area contributed by atoms with Crippen molar-refractivity contribution in [2.75, 3.05) is 34.5 Å². The van der Waals surface area contributed by atoms with Gasteiger partial charge in [-0.2, -0.15) is 0 Å². The highest BCUT2D eigenvalue weighted by molar-refractivity contribution is 6.99. The van der Waals surface area contributed by atoms with Gasteiger partial charge in [0.2, 0.25) is 0 Å². The molecule has 0 aliphatic rings. The molecule has 0 saturated carbocycles. The molecule has 0 radical (unpaired) electrons. The fourth-order valence-electron chi connectivity index (χ4n) is 6.63. The lowest BCUT2D eigenvalue weighted by atomic mass is 10.1. The van der Waals surface area contributed by atoms with Crippen LogP contribution in [-0.2, 0) is 38.5 Å². The molecule has 5 rings (SSSR count). The Morgan fingerprint density at radius 3 is 1.33 bits per heavy atom. The quantitative estimate of drug-likeness (QED) is 0.0829. The second-order valence-electron chi connectivity index (χ2n) is 14.2. The van der Waals surface area contributed by atoms with Gasteiger partial charge in [-0.1, -0.05) is 118 Å². The molecule has 5 aromatic carbocycles. The first-order valence-electron chi connectivity index (χ1n) is 18.3. The Balaban J connectivity index is 1.48. The number of hydrogen-bond donors (Lipinski definition) is 1. The third-order valence-electron chi connectivity index (χ3n) is 9.57. The van der Waals surface area contributed by atoms with Crippen molar-refractivity contribution >= 4 is 18.7 Å². The van der Waals surface area contributed by atoms with E-state index in [2.05, 4.69) is 69.3 Å². The van der Waals surface area contributed by atoms with Gasteiger partial charge in [-0.3, -0.25) is 0 Å². The van der Waals surface area contributed by atoms with Crippen molar-refractivity contribution in [3.63, 3.8) is 0 Å². The van der Waals surface area contributed by atoms with E-state index in [0.29, 0.717) is 6.61 Å². The zero-order valence-electron chi connectivity index (χ0n) is 32.3. The SMILES string of the molecule is COc1ccc(COC[C@@H](O)[C@@H](OCc2ccc(OC)cc2)[C@@H](CO[Si](c2ccccc2)(c2ccccc2)C(C)(C)C)OCc2ccc(OC)cc2)cc1. The molecule has 3 atom stereocenters. The van der Waals surface area contributed by atoms with Crippen LogP contribution >= 0.6 is 0 Å². The molecule has 0 aromatic heterocycles. The highest BCUT2D eigenvalue weighted by Crippen LogP contribution is 2.37. The Morgan fingerprint density at radius 1 is 0.519 bits per heavy atom. The molecule has 0 heterocycles. The van der Waals surface area contributed by atoms with E-state index in [1.807, 2.05) is 84.9 Å². The van der Waals surface area contributed by atoms with Crippen LogP contribution in [0.2, 0.25) is 5.04 Å². The molecule has 0 aliphatic carbocycles. The lowest BCUT2D eigenvalue weighted by Gasteiger charge is -2.44. The summed E-state index contributed by atoms with van der Waals surface area (Å²) >= 11 is 0. The average Bonchev–Trinajstić information content (AvgIpc) is 3.20. The van der Waals surface area contributed by atoms with E-state index in [-0.39, 0.29) is 31.5 Å². The molecule has 0 aliphatic heterocycles. The lowest BCUT2D eigenvalue weighted by molar-refractivity contribution is -0.156. The Kier molecular flexibility index (Phi) is 14.9. The average molecular weight is 751 g/mol. The van der Waals surface area contributed by atoms with Gasteiger partial charge in [-0.15, -0.1) is 0 Å². The summed E-state index contributed by atoms with van der Waals surface area (Å²) in [4.78, 5) is 0. The van der Waals surface area contributed by atoms with E-state index in [1.165, 1.54) is 0 Å². The molecule has 5 aromatic rings. The first-order valence-corrected chi connectivity index (χ1v) is 20.2. The molecule has 1 N–H and O–H groups in total. The van der Waals surface area contributed by atoms with Crippen LogP contribution in [0.25, 0.3) is 0 Å². The molecular formula is C45H54O8Si. The molecule has 8 nitrogen and oxygen atoms in total. The predicted octanol–water partition coefficient (Wildman–Crippen LogP) is 7.34. The van der Waals surface area contributed by atoms with Crippen molar-refractivity contribution in [1.82, 2.24) is 0 Å². The molecule has 0 saturated heterocycles. The van der Waals surface area contributed by atoms with Crippen molar-refractivity contribution < 1.29 is 38.0 Å². The summed E-state index contributed by atoms with van der Waals surface area (Å²) in [5, 5.41) is 14.0. The molecular weight excluding hydrogens is 697 g/mol. The van der Waals surface area contributed by atoms with Crippen LogP contribution in [0.3, 0.4) is 0 Å². The summed E-state index contributed by atoms with van der Waals surface area (Å²) < 4.78 is 43.0. The highest BCUT2D eigenvalue weighted by Gasteiger charge is 2.51. The normalized spacial score (nSPS) is 13.5. The molecule has 0 amide bonds. The minimum Gasteiger partial charge on any atom is -0.497 e. The van der Waals surface area contributed by atoms with Crippen LogP contribution in [0.4, 0.5) is 0 Å². The van der Waals surface area contributed by atoms with Crippen LogP contribution in [0.1, 0.15) is 37.5 Å². The third kappa shape index (κ3) is 10.6. The summed E-state index contributed by atoms with van der Waals surface area (Å²) in [6.45, 7) is 7.70. The van der Waals surface area contributed by atoms with Gasteiger partial charge in [0.1, 0.15) is 35.6 Å². The van der Waals surface area contributed by atoms with Crippen molar-refractivity contribution in [2.45, 2.75) is 63.9 Å². The fourth-order valence-corrected chi connectivity index (χ4v) is 11.2. The zero-order valence-corrected chi connectivity index (χ0v) is 33.3. The maximum absolute atomic E-state index is 12.0.